The molecule has 1 fully saturated rings. The van der Waals surface area contributed by atoms with Crippen molar-refractivity contribution in [3.63, 3.8) is 0 Å². The van der Waals surface area contributed by atoms with Crippen molar-refractivity contribution in [3.05, 3.63) is 33.8 Å². The van der Waals surface area contributed by atoms with Gasteiger partial charge in [0.05, 0.1) is 22.8 Å². The van der Waals surface area contributed by atoms with Crippen molar-refractivity contribution in [2.24, 2.45) is 5.73 Å². The quantitative estimate of drug-likeness (QED) is 0.928. The molecule has 0 aromatic heterocycles. The second-order valence-electron chi connectivity index (χ2n) is 5.61. The van der Waals surface area contributed by atoms with Gasteiger partial charge in [-0.25, -0.2) is 0 Å². The lowest BCUT2D eigenvalue weighted by molar-refractivity contribution is -0.0495. The van der Waals surface area contributed by atoms with E-state index in [1.165, 1.54) is 0 Å². The van der Waals surface area contributed by atoms with Crippen LogP contribution in [0.4, 0.5) is 0 Å². The number of rotatable bonds is 4. The highest BCUT2D eigenvalue weighted by Gasteiger charge is 2.27. The first kappa shape index (κ1) is 16.1. The van der Waals surface area contributed by atoms with Crippen LogP contribution in [0.25, 0.3) is 0 Å². The summed E-state index contributed by atoms with van der Waals surface area (Å²) in [6.07, 6.45) is 0.814. The molecule has 1 heterocycles. The summed E-state index contributed by atoms with van der Waals surface area (Å²) < 4.78 is 5.82. The zero-order valence-corrected chi connectivity index (χ0v) is 13.5. The van der Waals surface area contributed by atoms with Crippen molar-refractivity contribution in [1.82, 2.24) is 4.90 Å². The molecule has 1 saturated heterocycles. The molecule has 1 aliphatic rings. The van der Waals surface area contributed by atoms with E-state index in [0.717, 1.165) is 31.7 Å². The average molecular weight is 317 g/mol. The fourth-order valence-corrected chi connectivity index (χ4v) is 2.82. The van der Waals surface area contributed by atoms with Crippen LogP contribution < -0.4 is 5.73 Å². The molecule has 0 saturated carbocycles. The summed E-state index contributed by atoms with van der Waals surface area (Å²) in [6.45, 7) is 7.02. The second kappa shape index (κ2) is 7.10. The second-order valence-corrected chi connectivity index (χ2v) is 6.43. The Morgan fingerprint density at radius 2 is 2.10 bits per heavy atom. The third-order valence-electron chi connectivity index (χ3n) is 3.79. The minimum Gasteiger partial charge on any atom is -0.374 e. The van der Waals surface area contributed by atoms with Crippen LogP contribution in [-0.2, 0) is 11.2 Å². The molecule has 2 N–H and O–H groups in total. The van der Waals surface area contributed by atoms with Gasteiger partial charge in [0.1, 0.15) is 0 Å². The average Bonchev–Trinajstić information content (AvgIpc) is 2.43. The fraction of sp³-hybridized carbons (Fsp3) is 0.600. The highest BCUT2D eigenvalue weighted by Crippen LogP contribution is 2.23. The number of ether oxygens (including phenoxy) is 1. The van der Waals surface area contributed by atoms with Gasteiger partial charge in [0.2, 0.25) is 0 Å². The van der Waals surface area contributed by atoms with Gasteiger partial charge in [-0.05, 0) is 38.0 Å². The van der Waals surface area contributed by atoms with Crippen molar-refractivity contribution in [2.75, 3.05) is 19.7 Å². The Kier molecular flexibility index (Phi) is 5.70. The van der Waals surface area contributed by atoms with Crippen molar-refractivity contribution in [3.8, 4) is 0 Å². The molecule has 0 amide bonds. The molecule has 0 spiro atoms. The molecule has 112 valence electrons. The van der Waals surface area contributed by atoms with Crippen LogP contribution >= 0.6 is 23.2 Å². The molecule has 5 heteroatoms. The first-order valence-corrected chi connectivity index (χ1v) is 7.78. The van der Waals surface area contributed by atoms with Gasteiger partial charge in [-0.3, -0.25) is 4.90 Å². The van der Waals surface area contributed by atoms with E-state index in [4.69, 9.17) is 33.7 Å². The van der Waals surface area contributed by atoms with E-state index in [0.29, 0.717) is 16.1 Å². The molecule has 0 aliphatic carbocycles. The van der Waals surface area contributed by atoms with E-state index in [1.54, 1.807) is 0 Å². The maximum absolute atomic E-state index is 6.30. The van der Waals surface area contributed by atoms with Crippen LogP contribution in [0.1, 0.15) is 19.4 Å². The Labute approximate surface area is 131 Å². The first-order valence-electron chi connectivity index (χ1n) is 7.02. The normalized spacial score (nSPS) is 22.2. The summed E-state index contributed by atoms with van der Waals surface area (Å²) in [6, 6.07) is 6.16. The number of hydrogen-bond acceptors (Lipinski definition) is 3. The standard InChI is InChI=1S/C15H22Cl2N2O/c1-10(2)19-5-6-20-15(9-19)14(18)8-11-3-4-12(16)13(17)7-11/h3-4,7,10,14-15H,5-6,8-9,18H2,1-2H3. The Balaban J connectivity index is 1.96. The zero-order chi connectivity index (χ0) is 14.7. The molecule has 1 aromatic carbocycles. The largest absolute Gasteiger partial charge is 0.374 e. The third kappa shape index (κ3) is 4.09. The van der Waals surface area contributed by atoms with Gasteiger partial charge in [-0.2, -0.15) is 0 Å². The van der Waals surface area contributed by atoms with E-state index < -0.39 is 0 Å². The Hall–Kier alpha value is -0.320. The predicted molar refractivity (Wildman–Crippen MR) is 84.6 cm³/mol. The molecule has 0 bridgehead atoms. The molecule has 1 aliphatic heterocycles. The van der Waals surface area contributed by atoms with Gasteiger partial charge in [0, 0.05) is 25.2 Å². The molecule has 2 rings (SSSR count). The first-order chi connectivity index (χ1) is 9.47. The predicted octanol–water partition coefficient (Wildman–Crippen LogP) is 2.97. The van der Waals surface area contributed by atoms with Gasteiger partial charge in [0.15, 0.2) is 0 Å². The summed E-state index contributed by atoms with van der Waals surface area (Å²) in [5.74, 6) is 0. The van der Waals surface area contributed by atoms with E-state index >= 15 is 0 Å². The van der Waals surface area contributed by atoms with Crippen LogP contribution in [0.15, 0.2) is 18.2 Å². The molecule has 2 unspecified atom stereocenters. The van der Waals surface area contributed by atoms with E-state index in [2.05, 4.69) is 18.7 Å². The fourth-order valence-electron chi connectivity index (χ4n) is 2.49. The van der Waals surface area contributed by atoms with Gasteiger partial charge in [-0.15, -0.1) is 0 Å². The zero-order valence-electron chi connectivity index (χ0n) is 12.0. The molecular weight excluding hydrogens is 295 g/mol. The van der Waals surface area contributed by atoms with Gasteiger partial charge >= 0.3 is 0 Å². The molecular formula is C15H22Cl2N2O. The summed E-state index contributed by atoms with van der Waals surface area (Å²) >= 11 is 12.0. The Morgan fingerprint density at radius 1 is 1.35 bits per heavy atom. The van der Waals surface area contributed by atoms with Gasteiger partial charge in [-0.1, -0.05) is 29.3 Å². The SMILES string of the molecule is CC(C)N1CCOC(C(N)Cc2ccc(Cl)c(Cl)c2)C1. The number of nitrogens with zero attached hydrogens (tertiary/aromatic N) is 1. The number of nitrogens with two attached hydrogens (primary N) is 1. The van der Waals surface area contributed by atoms with Crippen molar-refractivity contribution in [2.45, 2.75) is 38.5 Å². The van der Waals surface area contributed by atoms with Crippen molar-refractivity contribution < 1.29 is 4.74 Å². The lowest BCUT2D eigenvalue weighted by Crippen LogP contribution is -2.53. The highest BCUT2D eigenvalue weighted by molar-refractivity contribution is 6.42. The van der Waals surface area contributed by atoms with Crippen LogP contribution in [0, 0.1) is 0 Å². The number of benzene rings is 1. The topological polar surface area (TPSA) is 38.5 Å². The van der Waals surface area contributed by atoms with Gasteiger partial charge in [0.25, 0.3) is 0 Å². The number of hydrogen-bond donors (Lipinski definition) is 1. The van der Waals surface area contributed by atoms with E-state index in [9.17, 15) is 0 Å². The lowest BCUT2D eigenvalue weighted by atomic mass is 10.0. The number of halogens is 2. The van der Waals surface area contributed by atoms with Crippen LogP contribution in [0.3, 0.4) is 0 Å². The van der Waals surface area contributed by atoms with Crippen molar-refractivity contribution >= 4 is 23.2 Å². The number of morpholine rings is 1. The monoisotopic (exact) mass is 316 g/mol. The minimum atomic E-state index is -0.0335. The molecule has 0 radical (unpaired) electrons. The summed E-state index contributed by atoms with van der Waals surface area (Å²) in [5.41, 5.74) is 7.40. The molecule has 2 atom stereocenters. The van der Waals surface area contributed by atoms with Crippen molar-refractivity contribution in [1.29, 1.82) is 0 Å². The maximum Gasteiger partial charge on any atom is 0.0856 e. The highest BCUT2D eigenvalue weighted by atomic mass is 35.5. The minimum absolute atomic E-state index is 0.0335. The Bertz CT molecular complexity index is 453. The summed E-state index contributed by atoms with van der Waals surface area (Å²) in [5, 5.41) is 1.15. The van der Waals surface area contributed by atoms with E-state index in [-0.39, 0.29) is 12.1 Å². The summed E-state index contributed by atoms with van der Waals surface area (Å²) in [4.78, 5) is 2.41. The molecule has 20 heavy (non-hydrogen) atoms. The van der Waals surface area contributed by atoms with Gasteiger partial charge < -0.3 is 10.5 Å². The van der Waals surface area contributed by atoms with E-state index in [1.807, 2.05) is 18.2 Å². The van der Waals surface area contributed by atoms with Crippen LogP contribution in [0.5, 0.6) is 0 Å². The van der Waals surface area contributed by atoms with Crippen LogP contribution in [0.2, 0.25) is 10.0 Å². The van der Waals surface area contributed by atoms with Crippen LogP contribution in [-0.4, -0.2) is 42.8 Å². The lowest BCUT2D eigenvalue weighted by Gasteiger charge is -2.38. The smallest absolute Gasteiger partial charge is 0.0856 e. The summed E-state index contributed by atoms with van der Waals surface area (Å²) in [7, 11) is 0. The maximum atomic E-state index is 6.30. The Morgan fingerprint density at radius 3 is 2.75 bits per heavy atom. The molecule has 3 nitrogen and oxygen atoms in total. The third-order valence-corrected chi connectivity index (χ3v) is 4.53. The molecule has 1 aromatic rings.